The molecule has 1 aromatic heterocycles. The van der Waals surface area contributed by atoms with Gasteiger partial charge in [-0.2, -0.15) is 0 Å². The third kappa shape index (κ3) is 1.91. The van der Waals surface area contributed by atoms with E-state index in [-0.39, 0.29) is 5.88 Å². The number of hydrogen-bond donors (Lipinski definition) is 2. The lowest BCUT2D eigenvalue weighted by Crippen LogP contribution is -2.28. The molecule has 2 N–H and O–H groups in total. The molecule has 1 fully saturated rings. The average Bonchev–Trinajstić information content (AvgIpc) is 2.61. The van der Waals surface area contributed by atoms with Gasteiger partial charge in [0.2, 0.25) is 5.88 Å². The molecule has 78 valence electrons. The molecule has 0 aromatic carbocycles. The van der Waals surface area contributed by atoms with Crippen LogP contribution in [0.2, 0.25) is 0 Å². The largest absolute Gasteiger partial charge is 0.492 e. The Morgan fingerprint density at radius 3 is 3.07 bits per heavy atom. The maximum atomic E-state index is 9.54. The van der Waals surface area contributed by atoms with Crippen molar-refractivity contribution in [2.75, 3.05) is 13.1 Å². The van der Waals surface area contributed by atoms with Crippen LogP contribution in [0, 0.1) is 0 Å². The van der Waals surface area contributed by atoms with E-state index in [0.717, 1.165) is 29.4 Å². The SMILES string of the molecule is CCc1sc(C2CCCNC2)nc1O. The minimum absolute atomic E-state index is 0.248. The highest BCUT2D eigenvalue weighted by atomic mass is 32.1. The highest BCUT2D eigenvalue weighted by Gasteiger charge is 2.20. The molecule has 3 nitrogen and oxygen atoms in total. The van der Waals surface area contributed by atoms with Crippen molar-refractivity contribution < 1.29 is 5.11 Å². The Kier molecular flexibility index (Phi) is 3.03. The van der Waals surface area contributed by atoms with Gasteiger partial charge in [-0.25, -0.2) is 4.98 Å². The van der Waals surface area contributed by atoms with Crippen LogP contribution in [0.5, 0.6) is 5.88 Å². The van der Waals surface area contributed by atoms with Crippen molar-refractivity contribution in [3.63, 3.8) is 0 Å². The molecular weight excluding hydrogens is 196 g/mol. The van der Waals surface area contributed by atoms with Gasteiger partial charge in [0, 0.05) is 12.5 Å². The van der Waals surface area contributed by atoms with E-state index < -0.39 is 0 Å². The Morgan fingerprint density at radius 1 is 1.64 bits per heavy atom. The number of nitrogens with one attached hydrogen (secondary N) is 1. The van der Waals surface area contributed by atoms with E-state index in [0.29, 0.717) is 5.92 Å². The van der Waals surface area contributed by atoms with E-state index >= 15 is 0 Å². The van der Waals surface area contributed by atoms with Crippen molar-refractivity contribution in [3.05, 3.63) is 9.88 Å². The van der Waals surface area contributed by atoms with Crippen LogP contribution < -0.4 is 5.32 Å². The standard InChI is InChI=1S/C10H16N2OS/c1-2-8-9(13)12-10(14-8)7-4-3-5-11-6-7/h7,11,13H,2-6H2,1H3. The van der Waals surface area contributed by atoms with Gasteiger partial charge in [-0.1, -0.05) is 6.92 Å². The lowest BCUT2D eigenvalue weighted by atomic mass is 10.0. The summed E-state index contributed by atoms with van der Waals surface area (Å²) in [5, 5.41) is 14.0. The van der Waals surface area contributed by atoms with Crippen LogP contribution >= 0.6 is 11.3 Å². The average molecular weight is 212 g/mol. The fourth-order valence-corrected chi connectivity index (χ4v) is 2.86. The Morgan fingerprint density at radius 2 is 2.50 bits per heavy atom. The summed E-state index contributed by atoms with van der Waals surface area (Å²) in [6.07, 6.45) is 3.29. The number of thiazole rings is 1. The number of rotatable bonds is 2. The molecule has 0 spiro atoms. The van der Waals surface area contributed by atoms with Gasteiger partial charge < -0.3 is 10.4 Å². The van der Waals surface area contributed by atoms with E-state index in [1.807, 2.05) is 0 Å². The third-order valence-corrected chi connectivity index (χ3v) is 4.01. The van der Waals surface area contributed by atoms with Crippen molar-refractivity contribution in [1.82, 2.24) is 10.3 Å². The highest BCUT2D eigenvalue weighted by molar-refractivity contribution is 7.12. The molecule has 1 aliphatic heterocycles. The molecule has 4 heteroatoms. The second kappa shape index (κ2) is 4.28. The molecule has 1 aromatic rings. The molecule has 1 unspecified atom stereocenters. The Labute approximate surface area is 88.2 Å². The van der Waals surface area contributed by atoms with Crippen molar-refractivity contribution in [2.24, 2.45) is 0 Å². The zero-order valence-corrected chi connectivity index (χ0v) is 9.23. The van der Waals surface area contributed by atoms with Crippen LogP contribution in [0.3, 0.4) is 0 Å². The lowest BCUT2D eigenvalue weighted by Gasteiger charge is -2.20. The summed E-state index contributed by atoms with van der Waals surface area (Å²) in [5.74, 6) is 0.762. The molecule has 0 bridgehead atoms. The number of piperidine rings is 1. The van der Waals surface area contributed by atoms with Gasteiger partial charge in [-0.05, 0) is 25.8 Å². The molecule has 0 saturated carbocycles. The molecule has 1 aliphatic rings. The summed E-state index contributed by atoms with van der Waals surface area (Å²) in [7, 11) is 0. The Hall–Kier alpha value is -0.610. The van der Waals surface area contributed by atoms with Crippen molar-refractivity contribution in [2.45, 2.75) is 32.1 Å². The summed E-state index contributed by atoms with van der Waals surface area (Å²) in [6.45, 7) is 4.18. The first kappa shape index (κ1) is 9.93. The van der Waals surface area contributed by atoms with E-state index in [9.17, 15) is 5.11 Å². The van der Waals surface area contributed by atoms with Gasteiger partial charge in [0.05, 0.1) is 4.88 Å². The molecule has 2 heterocycles. The van der Waals surface area contributed by atoms with Crippen molar-refractivity contribution >= 4 is 11.3 Å². The first-order valence-corrected chi connectivity index (χ1v) is 6.02. The summed E-state index contributed by atoms with van der Waals surface area (Å²) in [5.41, 5.74) is 0. The molecule has 0 radical (unpaired) electrons. The fraction of sp³-hybridized carbons (Fsp3) is 0.700. The molecule has 0 amide bonds. The highest BCUT2D eigenvalue weighted by Crippen LogP contribution is 2.32. The number of hydrogen-bond acceptors (Lipinski definition) is 4. The predicted octanol–water partition coefficient (Wildman–Crippen LogP) is 1.88. The third-order valence-electron chi connectivity index (χ3n) is 2.66. The fourth-order valence-electron chi connectivity index (χ4n) is 1.83. The van der Waals surface area contributed by atoms with Gasteiger partial charge in [-0.3, -0.25) is 0 Å². The van der Waals surface area contributed by atoms with E-state index in [2.05, 4.69) is 17.2 Å². The second-order valence-corrected chi connectivity index (χ2v) is 4.81. The normalized spacial score (nSPS) is 22.5. The number of aryl methyl sites for hydroxylation is 1. The summed E-state index contributed by atoms with van der Waals surface area (Å²) in [4.78, 5) is 5.26. The number of aromatic nitrogens is 1. The maximum absolute atomic E-state index is 9.54. The van der Waals surface area contributed by atoms with Gasteiger partial charge in [0.25, 0.3) is 0 Å². The molecule has 0 aliphatic carbocycles. The van der Waals surface area contributed by atoms with Crippen LogP contribution in [0.1, 0.15) is 35.6 Å². The minimum atomic E-state index is 0.248. The van der Waals surface area contributed by atoms with Crippen LogP contribution in [0.25, 0.3) is 0 Å². The van der Waals surface area contributed by atoms with E-state index in [1.165, 1.54) is 12.8 Å². The number of nitrogens with zero attached hydrogens (tertiary/aromatic N) is 1. The first-order chi connectivity index (χ1) is 6.81. The zero-order valence-electron chi connectivity index (χ0n) is 8.42. The summed E-state index contributed by atoms with van der Waals surface area (Å²) < 4.78 is 0. The summed E-state index contributed by atoms with van der Waals surface area (Å²) >= 11 is 1.66. The van der Waals surface area contributed by atoms with E-state index in [4.69, 9.17) is 0 Å². The Balaban J connectivity index is 2.14. The summed E-state index contributed by atoms with van der Waals surface area (Å²) in [6, 6.07) is 0. The maximum Gasteiger partial charge on any atom is 0.225 e. The van der Waals surface area contributed by atoms with Gasteiger partial charge in [0.15, 0.2) is 0 Å². The second-order valence-electron chi connectivity index (χ2n) is 3.70. The molecule has 1 saturated heterocycles. The smallest absolute Gasteiger partial charge is 0.225 e. The van der Waals surface area contributed by atoms with E-state index in [1.54, 1.807) is 11.3 Å². The quantitative estimate of drug-likeness (QED) is 0.786. The van der Waals surface area contributed by atoms with Crippen LogP contribution in [0.15, 0.2) is 0 Å². The number of aromatic hydroxyl groups is 1. The Bertz CT molecular complexity index is 305. The first-order valence-electron chi connectivity index (χ1n) is 5.20. The predicted molar refractivity (Wildman–Crippen MR) is 58.0 cm³/mol. The van der Waals surface area contributed by atoms with Crippen molar-refractivity contribution in [3.8, 4) is 5.88 Å². The van der Waals surface area contributed by atoms with Crippen LogP contribution in [-0.2, 0) is 6.42 Å². The van der Waals surface area contributed by atoms with Crippen molar-refractivity contribution in [1.29, 1.82) is 0 Å². The minimum Gasteiger partial charge on any atom is -0.492 e. The monoisotopic (exact) mass is 212 g/mol. The zero-order chi connectivity index (χ0) is 9.97. The molecule has 2 rings (SSSR count). The van der Waals surface area contributed by atoms with Crippen LogP contribution in [-0.4, -0.2) is 23.2 Å². The molecular formula is C10H16N2OS. The van der Waals surface area contributed by atoms with Gasteiger partial charge in [0.1, 0.15) is 5.01 Å². The van der Waals surface area contributed by atoms with Gasteiger partial charge >= 0.3 is 0 Å². The molecule has 14 heavy (non-hydrogen) atoms. The van der Waals surface area contributed by atoms with Crippen LogP contribution in [0.4, 0.5) is 0 Å². The van der Waals surface area contributed by atoms with Gasteiger partial charge in [-0.15, -0.1) is 11.3 Å². The topological polar surface area (TPSA) is 45.2 Å². The molecule has 1 atom stereocenters. The lowest BCUT2D eigenvalue weighted by molar-refractivity contribution is 0.435.